The number of carbonyl (C=O) groups is 1. The van der Waals surface area contributed by atoms with E-state index >= 15 is 0 Å². The van der Waals surface area contributed by atoms with Gasteiger partial charge in [0.25, 0.3) is 5.91 Å². The van der Waals surface area contributed by atoms with Crippen LogP contribution in [0.5, 0.6) is 0 Å². The Balaban J connectivity index is 1.81. The van der Waals surface area contributed by atoms with Gasteiger partial charge in [0, 0.05) is 19.1 Å². The number of amides is 1. The monoisotopic (exact) mass is 234 g/mol. The van der Waals surface area contributed by atoms with Gasteiger partial charge in [0.05, 0.1) is 11.8 Å². The average Bonchev–Trinajstić information content (AvgIpc) is 2.94. The molecule has 0 radical (unpaired) electrons. The summed E-state index contributed by atoms with van der Waals surface area (Å²) >= 11 is 0. The van der Waals surface area contributed by atoms with Crippen molar-refractivity contribution in [3.8, 4) is 0 Å². The first kappa shape index (κ1) is 10.8. The Bertz CT molecular complexity index is 427. The second-order valence-electron chi connectivity index (χ2n) is 5.00. The first-order valence-electron chi connectivity index (χ1n) is 6.33. The summed E-state index contributed by atoms with van der Waals surface area (Å²) in [6.07, 6.45) is 3.93. The summed E-state index contributed by atoms with van der Waals surface area (Å²) < 4.78 is 5.22. The van der Waals surface area contributed by atoms with E-state index in [1.165, 1.54) is 6.42 Å². The van der Waals surface area contributed by atoms with E-state index in [1.54, 1.807) is 12.3 Å². The van der Waals surface area contributed by atoms with Gasteiger partial charge in [-0.1, -0.05) is 0 Å². The molecule has 2 fully saturated rings. The van der Waals surface area contributed by atoms with Gasteiger partial charge in [-0.05, 0) is 38.3 Å². The molecule has 3 rings (SSSR count). The Kier molecular flexibility index (Phi) is 2.67. The number of nitrogens with zero attached hydrogens (tertiary/aromatic N) is 1. The fourth-order valence-corrected chi connectivity index (χ4v) is 3.08. The molecule has 1 amide bonds. The van der Waals surface area contributed by atoms with Crippen molar-refractivity contribution in [3.05, 3.63) is 23.7 Å². The van der Waals surface area contributed by atoms with Crippen LogP contribution in [-0.2, 0) is 0 Å². The van der Waals surface area contributed by atoms with Crippen LogP contribution < -0.4 is 5.32 Å². The fraction of sp³-hybridized carbons (Fsp3) is 0.615. The number of hydrogen-bond acceptors (Lipinski definition) is 3. The molecule has 2 aliphatic heterocycles. The number of piperidine rings is 1. The highest BCUT2D eigenvalue weighted by molar-refractivity contribution is 5.95. The largest absolute Gasteiger partial charge is 0.469 e. The molecule has 2 atom stereocenters. The molecule has 1 aromatic rings. The minimum Gasteiger partial charge on any atom is -0.469 e. The summed E-state index contributed by atoms with van der Waals surface area (Å²) in [5, 5.41) is 3.38. The lowest BCUT2D eigenvalue weighted by atomic mass is 9.93. The molecular weight excluding hydrogens is 216 g/mol. The lowest BCUT2D eigenvalue weighted by molar-refractivity contribution is 0.0701. The molecule has 17 heavy (non-hydrogen) atoms. The number of aryl methyl sites for hydroxylation is 1. The Labute approximate surface area is 101 Å². The zero-order valence-corrected chi connectivity index (χ0v) is 10.1. The van der Waals surface area contributed by atoms with Crippen LogP contribution in [0.1, 0.15) is 29.0 Å². The van der Waals surface area contributed by atoms with Gasteiger partial charge >= 0.3 is 0 Å². The lowest BCUT2D eigenvalue weighted by Gasteiger charge is -2.32. The summed E-state index contributed by atoms with van der Waals surface area (Å²) in [7, 11) is 0. The molecule has 2 aliphatic rings. The van der Waals surface area contributed by atoms with E-state index in [1.807, 2.05) is 11.8 Å². The van der Waals surface area contributed by atoms with Crippen LogP contribution >= 0.6 is 0 Å². The summed E-state index contributed by atoms with van der Waals surface area (Å²) in [6.45, 7) is 4.77. The van der Waals surface area contributed by atoms with Crippen molar-refractivity contribution in [2.24, 2.45) is 5.92 Å². The van der Waals surface area contributed by atoms with Gasteiger partial charge in [-0.2, -0.15) is 0 Å². The highest BCUT2D eigenvalue weighted by Crippen LogP contribution is 2.30. The Morgan fingerprint density at radius 3 is 3.18 bits per heavy atom. The maximum absolute atomic E-state index is 12.4. The predicted molar refractivity (Wildman–Crippen MR) is 63.9 cm³/mol. The normalized spacial score (nSPS) is 28.2. The van der Waals surface area contributed by atoms with Crippen molar-refractivity contribution in [2.75, 3.05) is 19.6 Å². The lowest BCUT2D eigenvalue weighted by Crippen LogP contribution is -2.48. The summed E-state index contributed by atoms with van der Waals surface area (Å²) in [6, 6.07) is 2.16. The van der Waals surface area contributed by atoms with Crippen molar-refractivity contribution in [3.63, 3.8) is 0 Å². The van der Waals surface area contributed by atoms with Gasteiger partial charge in [0.15, 0.2) is 0 Å². The van der Waals surface area contributed by atoms with Crippen LogP contribution in [0.15, 0.2) is 16.7 Å². The number of nitrogens with one attached hydrogen (secondary N) is 1. The molecule has 2 saturated heterocycles. The van der Waals surface area contributed by atoms with Crippen LogP contribution in [0.4, 0.5) is 0 Å². The van der Waals surface area contributed by atoms with Crippen LogP contribution in [0.2, 0.25) is 0 Å². The van der Waals surface area contributed by atoms with Crippen molar-refractivity contribution in [1.82, 2.24) is 10.2 Å². The highest BCUT2D eigenvalue weighted by Gasteiger charge is 2.38. The Hall–Kier alpha value is -1.29. The molecule has 1 aromatic heterocycles. The van der Waals surface area contributed by atoms with Crippen molar-refractivity contribution in [2.45, 2.75) is 25.8 Å². The predicted octanol–water partition coefficient (Wildman–Crippen LogP) is 1.41. The summed E-state index contributed by atoms with van der Waals surface area (Å²) in [5.41, 5.74) is 0.719. The zero-order chi connectivity index (χ0) is 11.8. The first-order chi connectivity index (χ1) is 8.27. The van der Waals surface area contributed by atoms with E-state index in [2.05, 4.69) is 5.32 Å². The zero-order valence-electron chi connectivity index (χ0n) is 10.1. The first-order valence-corrected chi connectivity index (χ1v) is 6.33. The molecule has 0 bridgehead atoms. The topological polar surface area (TPSA) is 45.5 Å². The summed E-state index contributed by atoms with van der Waals surface area (Å²) in [5.74, 6) is 1.54. The maximum atomic E-state index is 12.4. The number of carbonyl (C=O) groups excluding carboxylic acids is 1. The molecular formula is C13H18N2O2. The third kappa shape index (κ3) is 1.76. The molecule has 4 nitrogen and oxygen atoms in total. The number of furan rings is 1. The van der Waals surface area contributed by atoms with E-state index in [4.69, 9.17) is 4.42 Å². The fourth-order valence-electron chi connectivity index (χ4n) is 3.08. The molecule has 1 N–H and O–H groups in total. The molecule has 0 spiro atoms. The van der Waals surface area contributed by atoms with E-state index in [0.29, 0.717) is 12.0 Å². The van der Waals surface area contributed by atoms with Gasteiger partial charge in [-0.25, -0.2) is 0 Å². The number of likely N-dealkylation sites (tertiary alicyclic amines) is 1. The minimum absolute atomic E-state index is 0.132. The second kappa shape index (κ2) is 4.18. The average molecular weight is 234 g/mol. The van der Waals surface area contributed by atoms with Gasteiger partial charge in [-0.15, -0.1) is 0 Å². The van der Waals surface area contributed by atoms with Crippen molar-refractivity contribution >= 4 is 5.91 Å². The molecule has 3 heterocycles. The minimum atomic E-state index is 0.132. The summed E-state index contributed by atoms with van der Waals surface area (Å²) in [4.78, 5) is 14.4. The Morgan fingerprint density at radius 2 is 2.41 bits per heavy atom. The van der Waals surface area contributed by atoms with Crippen molar-refractivity contribution in [1.29, 1.82) is 0 Å². The Morgan fingerprint density at radius 1 is 1.53 bits per heavy atom. The van der Waals surface area contributed by atoms with Gasteiger partial charge in [-0.3, -0.25) is 4.79 Å². The van der Waals surface area contributed by atoms with E-state index < -0.39 is 0 Å². The van der Waals surface area contributed by atoms with Crippen molar-refractivity contribution < 1.29 is 9.21 Å². The van der Waals surface area contributed by atoms with Crippen LogP contribution in [-0.4, -0.2) is 36.5 Å². The molecule has 2 unspecified atom stereocenters. The van der Waals surface area contributed by atoms with Gasteiger partial charge in [0.1, 0.15) is 5.76 Å². The standard InChI is InChI=1S/C13H18N2O2/c1-9-11(4-7-17-9)13(16)15-6-3-10-2-5-14-8-12(10)15/h4,7,10,12,14H,2-3,5-6,8H2,1H3. The van der Waals surface area contributed by atoms with Gasteiger partial charge < -0.3 is 14.6 Å². The second-order valence-corrected chi connectivity index (χ2v) is 5.00. The number of hydrogen-bond donors (Lipinski definition) is 1. The number of fused-ring (bicyclic) bond motifs is 1. The third-order valence-corrected chi connectivity index (χ3v) is 4.08. The quantitative estimate of drug-likeness (QED) is 0.799. The van der Waals surface area contributed by atoms with E-state index in [9.17, 15) is 4.79 Å². The van der Waals surface area contributed by atoms with E-state index in [-0.39, 0.29) is 5.91 Å². The number of rotatable bonds is 1. The maximum Gasteiger partial charge on any atom is 0.257 e. The molecule has 0 aromatic carbocycles. The third-order valence-electron chi connectivity index (χ3n) is 4.08. The van der Waals surface area contributed by atoms with E-state index in [0.717, 1.165) is 37.4 Å². The highest BCUT2D eigenvalue weighted by atomic mass is 16.3. The smallest absolute Gasteiger partial charge is 0.257 e. The molecule has 92 valence electrons. The SMILES string of the molecule is Cc1occc1C(=O)N1CCC2CCNCC21. The van der Waals surface area contributed by atoms with Gasteiger partial charge in [0.2, 0.25) is 0 Å². The van der Waals surface area contributed by atoms with Crippen LogP contribution in [0, 0.1) is 12.8 Å². The molecule has 0 aliphatic carbocycles. The van der Waals surface area contributed by atoms with Crippen LogP contribution in [0.25, 0.3) is 0 Å². The van der Waals surface area contributed by atoms with Crippen LogP contribution in [0.3, 0.4) is 0 Å². The molecule has 0 saturated carbocycles. The molecule has 4 heteroatoms.